The number of hydrogen-bond acceptors (Lipinski definition) is 3. The third-order valence-corrected chi connectivity index (χ3v) is 4.25. The standard InChI is InChI=1S/C12H24N2O3/c1-2-5-14-6-3-12(4-7-14)13-11(8-15,9-16)10-17-12/h13,15-16H,2-10H2,1H3/p+2. The molecule has 17 heavy (non-hydrogen) atoms. The Hall–Kier alpha value is -0.200. The van der Waals surface area contributed by atoms with Gasteiger partial charge in [0.1, 0.15) is 19.8 Å². The lowest BCUT2D eigenvalue weighted by atomic mass is 9.97. The van der Waals surface area contributed by atoms with Gasteiger partial charge in [-0.05, 0) is 6.42 Å². The molecule has 0 aromatic rings. The van der Waals surface area contributed by atoms with Gasteiger partial charge in [0.25, 0.3) is 0 Å². The molecule has 1 spiro atoms. The quantitative estimate of drug-likeness (QED) is 0.430. The maximum Gasteiger partial charge on any atom is 0.211 e. The summed E-state index contributed by atoms with van der Waals surface area (Å²) in [6.45, 7) is 6.16. The first kappa shape index (κ1) is 13.2. The van der Waals surface area contributed by atoms with E-state index in [2.05, 4.69) is 12.2 Å². The lowest BCUT2D eigenvalue weighted by Gasteiger charge is -2.34. The maximum atomic E-state index is 9.39. The molecule has 0 saturated carbocycles. The summed E-state index contributed by atoms with van der Waals surface area (Å²) < 4.78 is 5.92. The normalized spacial score (nSPS) is 36.5. The molecule has 2 fully saturated rings. The number of ether oxygens (including phenoxy) is 1. The van der Waals surface area contributed by atoms with Crippen LogP contribution >= 0.6 is 0 Å². The van der Waals surface area contributed by atoms with E-state index in [0.29, 0.717) is 6.61 Å². The van der Waals surface area contributed by atoms with E-state index in [9.17, 15) is 10.2 Å². The van der Waals surface area contributed by atoms with Crippen molar-refractivity contribution in [2.75, 3.05) is 39.5 Å². The topological polar surface area (TPSA) is 70.7 Å². The molecule has 2 rings (SSSR count). The van der Waals surface area contributed by atoms with Crippen LogP contribution < -0.4 is 10.2 Å². The zero-order valence-electron chi connectivity index (χ0n) is 10.7. The van der Waals surface area contributed by atoms with Gasteiger partial charge in [0, 0.05) is 0 Å². The minimum atomic E-state index is -0.512. The zero-order chi connectivity index (χ0) is 12.4. The Bertz CT molecular complexity index is 248. The Balaban J connectivity index is 1.91. The van der Waals surface area contributed by atoms with E-state index in [-0.39, 0.29) is 18.9 Å². The van der Waals surface area contributed by atoms with Gasteiger partial charge in [-0.25, -0.2) is 0 Å². The van der Waals surface area contributed by atoms with Crippen LogP contribution in [-0.2, 0) is 4.74 Å². The van der Waals surface area contributed by atoms with Gasteiger partial charge in [0.05, 0.1) is 32.5 Å². The highest BCUT2D eigenvalue weighted by atomic mass is 16.5. The van der Waals surface area contributed by atoms with Crippen LogP contribution in [0.2, 0.25) is 0 Å². The zero-order valence-corrected chi connectivity index (χ0v) is 10.7. The van der Waals surface area contributed by atoms with Gasteiger partial charge in [-0.2, -0.15) is 0 Å². The predicted molar refractivity (Wildman–Crippen MR) is 62.6 cm³/mol. The summed E-state index contributed by atoms with van der Waals surface area (Å²) in [6, 6.07) is 0. The van der Waals surface area contributed by atoms with Gasteiger partial charge in [0.2, 0.25) is 5.72 Å². The van der Waals surface area contributed by atoms with Crippen LogP contribution in [0.25, 0.3) is 0 Å². The van der Waals surface area contributed by atoms with Gasteiger partial charge >= 0.3 is 0 Å². The molecule has 100 valence electrons. The first-order valence-electron chi connectivity index (χ1n) is 6.74. The van der Waals surface area contributed by atoms with E-state index in [0.717, 1.165) is 25.9 Å². The van der Waals surface area contributed by atoms with Crippen molar-refractivity contribution in [3.8, 4) is 0 Å². The first-order valence-corrected chi connectivity index (χ1v) is 6.74. The molecule has 0 amide bonds. The molecule has 0 radical (unpaired) electrons. The highest BCUT2D eigenvalue weighted by molar-refractivity contribution is 4.85. The number of aliphatic hydroxyl groups is 2. The van der Waals surface area contributed by atoms with Crippen molar-refractivity contribution in [2.45, 2.75) is 37.5 Å². The van der Waals surface area contributed by atoms with Crippen molar-refractivity contribution in [3.63, 3.8) is 0 Å². The highest BCUT2D eigenvalue weighted by Gasteiger charge is 2.54. The van der Waals surface area contributed by atoms with Crippen molar-refractivity contribution < 1.29 is 25.2 Å². The summed E-state index contributed by atoms with van der Waals surface area (Å²) in [4.78, 5) is 1.65. The molecule has 2 aliphatic rings. The molecule has 0 unspecified atom stereocenters. The van der Waals surface area contributed by atoms with Crippen LogP contribution in [0.15, 0.2) is 0 Å². The number of quaternary nitrogens is 2. The van der Waals surface area contributed by atoms with Crippen LogP contribution in [0.5, 0.6) is 0 Å². The Morgan fingerprint density at radius 3 is 2.35 bits per heavy atom. The fraction of sp³-hybridized carbons (Fsp3) is 1.00. The average Bonchev–Trinajstić information content (AvgIpc) is 2.73. The van der Waals surface area contributed by atoms with E-state index < -0.39 is 5.54 Å². The van der Waals surface area contributed by atoms with Crippen LogP contribution in [0.4, 0.5) is 0 Å². The molecule has 0 aliphatic carbocycles. The van der Waals surface area contributed by atoms with Gasteiger partial charge in [-0.3, -0.25) is 0 Å². The van der Waals surface area contributed by atoms with Gasteiger partial charge in [-0.15, -0.1) is 0 Å². The smallest absolute Gasteiger partial charge is 0.211 e. The number of nitrogens with two attached hydrogens (primary N) is 1. The molecule has 2 saturated heterocycles. The van der Waals surface area contributed by atoms with Crippen molar-refractivity contribution >= 4 is 0 Å². The highest BCUT2D eigenvalue weighted by Crippen LogP contribution is 2.22. The van der Waals surface area contributed by atoms with E-state index in [1.165, 1.54) is 13.0 Å². The Morgan fingerprint density at radius 1 is 1.24 bits per heavy atom. The Kier molecular flexibility index (Phi) is 4.05. The minimum Gasteiger partial charge on any atom is -0.390 e. The number of piperidine rings is 1. The summed E-state index contributed by atoms with van der Waals surface area (Å²) in [7, 11) is 0. The summed E-state index contributed by atoms with van der Waals surface area (Å²) in [5.41, 5.74) is -0.690. The van der Waals surface area contributed by atoms with Crippen molar-refractivity contribution in [1.29, 1.82) is 0 Å². The summed E-state index contributed by atoms with van der Waals surface area (Å²) >= 11 is 0. The lowest BCUT2D eigenvalue weighted by molar-refractivity contribution is -0.923. The van der Waals surface area contributed by atoms with Gasteiger partial charge in [0.15, 0.2) is 5.54 Å². The SMILES string of the molecule is CCC[NH+]1CCC2(CC1)[NH2+]C(CO)(CO)CO2. The lowest BCUT2D eigenvalue weighted by Crippen LogP contribution is -3.17. The second-order valence-electron chi connectivity index (χ2n) is 5.68. The number of likely N-dealkylation sites (tertiary alicyclic amines) is 1. The van der Waals surface area contributed by atoms with Crippen LogP contribution in [0.1, 0.15) is 26.2 Å². The first-order chi connectivity index (χ1) is 8.17. The van der Waals surface area contributed by atoms with E-state index in [1.54, 1.807) is 4.90 Å². The van der Waals surface area contributed by atoms with Crippen LogP contribution in [0.3, 0.4) is 0 Å². The van der Waals surface area contributed by atoms with Gasteiger partial charge in [-0.1, -0.05) is 6.92 Å². The molecule has 5 N–H and O–H groups in total. The molecule has 0 atom stereocenters. The molecule has 2 aliphatic heterocycles. The number of nitrogens with one attached hydrogen (secondary N) is 1. The van der Waals surface area contributed by atoms with E-state index in [1.807, 2.05) is 0 Å². The van der Waals surface area contributed by atoms with Crippen molar-refractivity contribution in [1.82, 2.24) is 0 Å². The van der Waals surface area contributed by atoms with Crippen molar-refractivity contribution in [2.24, 2.45) is 0 Å². The third-order valence-electron chi connectivity index (χ3n) is 4.25. The van der Waals surface area contributed by atoms with Gasteiger partial charge < -0.3 is 25.2 Å². The number of aliphatic hydroxyl groups excluding tert-OH is 2. The predicted octanol–water partition coefficient (Wildman–Crippen LogP) is -2.91. The summed E-state index contributed by atoms with van der Waals surface area (Å²) in [5.74, 6) is 0. The molecule has 0 bridgehead atoms. The number of hydrogen-bond donors (Lipinski definition) is 4. The van der Waals surface area contributed by atoms with Crippen LogP contribution in [-0.4, -0.2) is 60.9 Å². The fourth-order valence-corrected chi connectivity index (χ4v) is 3.08. The maximum absolute atomic E-state index is 9.39. The fourth-order valence-electron chi connectivity index (χ4n) is 3.08. The molecular formula is C12H26N2O3+2. The second kappa shape index (κ2) is 5.20. The van der Waals surface area contributed by atoms with Crippen molar-refractivity contribution in [3.05, 3.63) is 0 Å². The minimum absolute atomic E-state index is 0.0171. The molecule has 5 nitrogen and oxygen atoms in total. The number of rotatable bonds is 4. The summed E-state index contributed by atoms with van der Waals surface area (Å²) in [5, 5.41) is 20.9. The molecular weight excluding hydrogens is 220 g/mol. The monoisotopic (exact) mass is 246 g/mol. The van der Waals surface area contributed by atoms with E-state index >= 15 is 0 Å². The molecule has 5 heteroatoms. The Labute approximate surface area is 103 Å². The molecule has 0 aromatic heterocycles. The van der Waals surface area contributed by atoms with Crippen LogP contribution in [0, 0.1) is 0 Å². The molecule has 0 aromatic carbocycles. The largest absolute Gasteiger partial charge is 0.390 e. The second-order valence-corrected chi connectivity index (χ2v) is 5.68. The van der Waals surface area contributed by atoms with E-state index in [4.69, 9.17) is 4.74 Å². The third kappa shape index (κ3) is 2.63. The Morgan fingerprint density at radius 2 is 1.88 bits per heavy atom. The summed E-state index contributed by atoms with van der Waals surface area (Å²) in [6.07, 6.45) is 3.26. The molecule has 2 heterocycles. The average molecular weight is 246 g/mol.